The van der Waals surface area contributed by atoms with E-state index in [0.717, 1.165) is 6.54 Å². The Balaban J connectivity index is 1.51. The van der Waals surface area contributed by atoms with Gasteiger partial charge in [-0.05, 0) is 16.7 Å². The molecule has 0 radical (unpaired) electrons. The van der Waals surface area contributed by atoms with E-state index in [1.807, 2.05) is 18.2 Å². The van der Waals surface area contributed by atoms with Gasteiger partial charge >= 0.3 is 0 Å². The van der Waals surface area contributed by atoms with Gasteiger partial charge in [-0.3, -0.25) is 0 Å². The molecule has 0 aliphatic carbocycles. The largest absolute Gasteiger partial charge is 0.389 e. The summed E-state index contributed by atoms with van der Waals surface area (Å²) in [4.78, 5) is 0. The lowest BCUT2D eigenvalue weighted by Gasteiger charge is -2.16. The maximum absolute atomic E-state index is 9.76. The molecule has 1 saturated heterocycles. The second-order valence-corrected chi connectivity index (χ2v) is 5.77. The molecular weight excluding hydrogens is 276 g/mol. The average molecular weight is 298 g/mol. The summed E-state index contributed by atoms with van der Waals surface area (Å²) in [5.41, 5.74) is 3.63. The predicted molar refractivity (Wildman–Crippen MR) is 87.4 cm³/mol. The average Bonchev–Trinajstić information content (AvgIpc) is 2.88. The minimum Gasteiger partial charge on any atom is -0.389 e. The molecule has 22 heavy (non-hydrogen) atoms. The van der Waals surface area contributed by atoms with Crippen molar-refractivity contribution >= 4 is 0 Å². The second-order valence-electron chi connectivity index (χ2n) is 5.77. The van der Waals surface area contributed by atoms with Gasteiger partial charge in [0.1, 0.15) is 0 Å². The molecule has 0 spiro atoms. The molecule has 0 saturated carbocycles. The molecule has 4 heteroatoms. The highest BCUT2D eigenvalue weighted by molar-refractivity contribution is 5.63. The summed E-state index contributed by atoms with van der Waals surface area (Å²) in [5, 5.41) is 25.7. The van der Waals surface area contributed by atoms with Gasteiger partial charge in [-0.1, -0.05) is 54.6 Å². The SMILES string of the molecule is O[C@H]1[C@@H](O)CN[C@@H]1CNCc1ccc(-c2ccccc2)cc1. The maximum Gasteiger partial charge on any atom is 0.0976 e. The quantitative estimate of drug-likeness (QED) is 0.668. The molecule has 3 atom stereocenters. The molecule has 2 aromatic rings. The van der Waals surface area contributed by atoms with Crippen LogP contribution < -0.4 is 10.6 Å². The zero-order valence-corrected chi connectivity index (χ0v) is 12.4. The Hall–Kier alpha value is -1.72. The Labute approximate surface area is 130 Å². The second kappa shape index (κ2) is 7.03. The lowest BCUT2D eigenvalue weighted by Crippen LogP contribution is -2.41. The molecule has 116 valence electrons. The van der Waals surface area contributed by atoms with Crippen molar-refractivity contribution in [1.29, 1.82) is 0 Å². The fraction of sp³-hybridized carbons (Fsp3) is 0.333. The molecular formula is C18H22N2O2. The van der Waals surface area contributed by atoms with E-state index >= 15 is 0 Å². The zero-order valence-electron chi connectivity index (χ0n) is 12.4. The van der Waals surface area contributed by atoms with Gasteiger partial charge < -0.3 is 20.8 Å². The van der Waals surface area contributed by atoms with Gasteiger partial charge in [0.2, 0.25) is 0 Å². The van der Waals surface area contributed by atoms with Gasteiger partial charge in [0.05, 0.1) is 12.2 Å². The number of hydrogen-bond acceptors (Lipinski definition) is 4. The molecule has 0 bridgehead atoms. The van der Waals surface area contributed by atoms with Crippen LogP contribution in [0.5, 0.6) is 0 Å². The lowest BCUT2D eigenvalue weighted by atomic mass is 10.0. The molecule has 2 aromatic carbocycles. The van der Waals surface area contributed by atoms with Crippen LogP contribution in [-0.4, -0.2) is 41.6 Å². The van der Waals surface area contributed by atoms with E-state index in [1.54, 1.807) is 0 Å². The number of aliphatic hydroxyl groups is 2. The molecule has 4 nitrogen and oxygen atoms in total. The number of nitrogens with one attached hydrogen (secondary N) is 2. The number of benzene rings is 2. The smallest absolute Gasteiger partial charge is 0.0976 e. The minimum atomic E-state index is -0.687. The Morgan fingerprint density at radius 2 is 1.64 bits per heavy atom. The lowest BCUT2D eigenvalue weighted by molar-refractivity contribution is 0.0407. The van der Waals surface area contributed by atoms with Crippen LogP contribution in [-0.2, 0) is 6.54 Å². The summed E-state index contributed by atoms with van der Waals surface area (Å²) in [5.74, 6) is 0. The van der Waals surface area contributed by atoms with E-state index in [9.17, 15) is 10.2 Å². The standard InChI is InChI=1S/C18H22N2O2/c21-17-12-20-16(18(17)22)11-19-10-13-6-8-15(9-7-13)14-4-2-1-3-5-14/h1-9,16-22H,10-12H2/t16-,17+,18-/m1/s1. The highest BCUT2D eigenvalue weighted by atomic mass is 16.3. The normalized spacial score (nSPS) is 24.5. The van der Waals surface area contributed by atoms with Crippen LogP contribution >= 0.6 is 0 Å². The molecule has 1 heterocycles. The highest BCUT2D eigenvalue weighted by Crippen LogP contribution is 2.19. The van der Waals surface area contributed by atoms with Crippen molar-refractivity contribution in [3.8, 4) is 11.1 Å². The van der Waals surface area contributed by atoms with Crippen LogP contribution in [0.25, 0.3) is 11.1 Å². The van der Waals surface area contributed by atoms with Crippen LogP contribution in [0.4, 0.5) is 0 Å². The Kier molecular flexibility index (Phi) is 4.85. The highest BCUT2D eigenvalue weighted by Gasteiger charge is 2.32. The summed E-state index contributed by atoms with van der Waals surface area (Å²) in [7, 11) is 0. The van der Waals surface area contributed by atoms with E-state index < -0.39 is 12.2 Å². The molecule has 3 rings (SSSR count). The van der Waals surface area contributed by atoms with Gasteiger partial charge in [-0.2, -0.15) is 0 Å². The zero-order chi connectivity index (χ0) is 15.4. The van der Waals surface area contributed by atoms with Crippen LogP contribution in [0.2, 0.25) is 0 Å². The topological polar surface area (TPSA) is 64.5 Å². The molecule has 1 fully saturated rings. The first-order chi connectivity index (χ1) is 10.7. The van der Waals surface area contributed by atoms with Gasteiger partial charge in [-0.15, -0.1) is 0 Å². The van der Waals surface area contributed by atoms with Crippen LogP contribution in [0.15, 0.2) is 54.6 Å². The van der Waals surface area contributed by atoms with Crippen LogP contribution in [0.3, 0.4) is 0 Å². The number of rotatable bonds is 5. The van der Waals surface area contributed by atoms with E-state index in [4.69, 9.17) is 0 Å². The number of hydrogen-bond donors (Lipinski definition) is 4. The third-order valence-electron chi connectivity index (χ3n) is 4.15. The van der Waals surface area contributed by atoms with E-state index in [1.165, 1.54) is 16.7 Å². The van der Waals surface area contributed by atoms with Crippen molar-refractivity contribution in [3.63, 3.8) is 0 Å². The first-order valence-corrected chi connectivity index (χ1v) is 7.68. The van der Waals surface area contributed by atoms with Gasteiger partial charge in [-0.25, -0.2) is 0 Å². The number of aliphatic hydroxyl groups excluding tert-OH is 2. The van der Waals surface area contributed by atoms with Crippen LogP contribution in [0.1, 0.15) is 5.56 Å². The van der Waals surface area contributed by atoms with Crippen molar-refractivity contribution in [2.75, 3.05) is 13.1 Å². The summed E-state index contributed by atoms with van der Waals surface area (Å²) in [6.07, 6.45) is -1.34. The van der Waals surface area contributed by atoms with Crippen molar-refractivity contribution in [2.45, 2.75) is 24.8 Å². The maximum atomic E-state index is 9.76. The molecule has 1 aliphatic heterocycles. The monoisotopic (exact) mass is 298 g/mol. The molecule has 0 aromatic heterocycles. The fourth-order valence-corrected chi connectivity index (χ4v) is 2.79. The fourth-order valence-electron chi connectivity index (χ4n) is 2.79. The summed E-state index contributed by atoms with van der Waals surface area (Å²) in [6.45, 7) is 1.84. The number of β-amino-alcohol motifs (C(OH)–C–C–N with tert-alkyl or cyclic N) is 1. The molecule has 1 aliphatic rings. The summed E-state index contributed by atoms with van der Waals surface area (Å²) >= 11 is 0. The van der Waals surface area contributed by atoms with E-state index in [0.29, 0.717) is 13.1 Å². The molecule has 0 unspecified atom stereocenters. The molecule has 0 amide bonds. The predicted octanol–water partition coefficient (Wildman–Crippen LogP) is 1.14. The third kappa shape index (κ3) is 3.54. The van der Waals surface area contributed by atoms with Gasteiger partial charge in [0.25, 0.3) is 0 Å². The van der Waals surface area contributed by atoms with Crippen molar-refractivity contribution in [2.24, 2.45) is 0 Å². The minimum absolute atomic E-state index is 0.0846. The first kappa shape index (κ1) is 15.2. The van der Waals surface area contributed by atoms with E-state index in [2.05, 4.69) is 47.0 Å². The third-order valence-corrected chi connectivity index (χ3v) is 4.15. The van der Waals surface area contributed by atoms with Crippen molar-refractivity contribution < 1.29 is 10.2 Å². The van der Waals surface area contributed by atoms with Crippen LogP contribution in [0, 0.1) is 0 Å². The Morgan fingerprint density at radius 1 is 0.955 bits per heavy atom. The first-order valence-electron chi connectivity index (χ1n) is 7.68. The van der Waals surface area contributed by atoms with E-state index in [-0.39, 0.29) is 6.04 Å². The molecule has 4 N–H and O–H groups in total. The Morgan fingerprint density at radius 3 is 2.27 bits per heavy atom. The van der Waals surface area contributed by atoms with Gasteiger partial charge in [0.15, 0.2) is 0 Å². The summed E-state index contributed by atoms with van der Waals surface area (Å²) in [6, 6.07) is 18.7. The van der Waals surface area contributed by atoms with Crippen molar-refractivity contribution in [1.82, 2.24) is 10.6 Å². The summed E-state index contributed by atoms with van der Waals surface area (Å²) < 4.78 is 0. The van der Waals surface area contributed by atoms with Gasteiger partial charge in [0, 0.05) is 25.7 Å². The van der Waals surface area contributed by atoms with Crippen molar-refractivity contribution in [3.05, 3.63) is 60.2 Å². The Bertz CT molecular complexity index is 586.